The van der Waals surface area contributed by atoms with Gasteiger partial charge in [-0.25, -0.2) is 4.39 Å². The van der Waals surface area contributed by atoms with Crippen molar-refractivity contribution in [2.75, 3.05) is 31.1 Å². The monoisotopic (exact) mass is 321 g/mol. The average molecular weight is 321 g/mol. The SMILES string of the molecule is NCCCCCCC(=O)NCC1CCN(c2ccc(F)cc2)C1. The molecule has 5 heteroatoms. The Bertz CT molecular complexity index is 478. The third-order valence-corrected chi connectivity index (χ3v) is 4.42. The molecular formula is C18H28FN3O. The zero-order valence-corrected chi connectivity index (χ0v) is 13.8. The molecule has 23 heavy (non-hydrogen) atoms. The largest absolute Gasteiger partial charge is 0.371 e. The number of benzene rings is 1. The number of hydrogen-bond donors (Lipinski definition) is 2. The lowest BCUT2D eigenvalue weighted by Crippen LogP contribution is -2.30. The summed E-state index contributed by atoms with van der Waals surface area (Å²) in [5.41, 5.74) is 6.50. The Labute approximate surface area is 138 Å². The van der Waals surface area contributed by atoms with E-state index in [-0.39, 0.29) is 11.7 Å². The van der Waals surface area contributed by atoms with Gasteiger partial charge in [-0.3, -0.25) is 4.79 Å². The lowest BCUT2D eigenvalue weighted by molar-refractivity contribution is -0.121. The van der Waals surface area contributed by atoms with E-state index < -0.39 is 0 Å². The van der Waals surface area contributed by atoms with Crippen LogP contribution in [0.1, 0.15) is 38.5 Å². The van der Waals surface area contributed by atoms with Crippen molar-refractivity contribution in [3.63, 3.8) is 0 Å². The number of halogens is 1. The average Bonchev–Trinajstić information content (AvgIpc) is 3.02. The summed E-state index contributed by atoms with van der Waals surface area (Å²) in [4.78, 5) is 14.1. The summed E-state index contributed by atoms with van der Waals surface area (Å²) in [6.07, 6.45) is 5.85. The maximum atomic E-state index is 13.0. The van der Waals surface area contributed by atoms with Gasteiger partial charge in [0, 0.05) is 31.7 Å². The molecule has 1 saturated heterocycles. The van der Waals surface area contributed by atoms with E-state index in [0.717, 1.165) is 64.0 Å². The molecule has 1 heterocycles. The molecule has 0 saturated carbocycles. The molecule has 3 N–H and O–H groups in total. The summed E-state index contributed by atoms with van der Waals surface area (Å²) in [6.45, 7) is 3.35. The van der Waals surface area contributed by atoms with Crippen LogP contribution >= 0.6 is 0 Å². The third-order valence-electron chi connectivity index (χ3n) is 4.42. The minimum absolute atomic E-state index is 0.151. The molecule has 2 rings (SSSR count). The summed E-state index contributed by atoms with van der Waals surface area (Å²) in [5.74, 6) is 0.419. The van der Waals surface area contributed by atoms with E-state index in [4.69, 9.17) is 5.73 Å². The highest BCUT2D eigenvalue weighted by atomic mass is 19.1. The van der Waals surface area contributed by atoms with Gasteiger partial charge in [0.15, 0.2) is 0 Å². The van der Waals surface area contributed by atoms with E-state index in [2.05, 4.69) is 10.2 Å². The highest BCUT2D eigenvalue weighted by Crippen LogP contribution is 2.23. The summed E-state index contributed by atoms with van der Waals surface area (Å²) in [6, 6.07) is 6.62. The van der Waals surface area contributed by atoms with Crippen LogP contribution in [0, 0.1) is 11.7 Å². The maximum Gasteiger partial charge on any atom is 0.220 e. The number of unbranched alkanes of at least 4 members (excludes halogenated alkanes) is 3. The number of amides is 1. The molecule has 1 aromatic carbocycles. The number of nitrogens with zero attached hydrogens (tertiary/aromatic N) is 1. The van der Waals surface area contributed by atoms with Gasteiger partial charge in [0.1, 0.15) is 5.82 Å². The van der Waals surface area contributed by atoms with Gasteiger partial charge >= 0.3 is 0 Å². The van der Waals surface area contributed by atoms with E-state index >= 15 is 0 Å². The molecule has 4 nitrogen and oxygen atoms in total. The number of carbonyl (C=O) groups is 1. The van der Waals surface area contributed by atoms with Crippen LogP contribution in [0.25, 0.3) is 0 Å². The molecule has 1 atom stereocenters. The zero-order chi connectivity index (χ0) is 16.5. The van der Waals surface area contributed by atoms with Crippen LogP contribution in [-0.4, -0.2) is 32.1 Å². The Morgan fingerprint density at radius 1 is 1.22 bits per heavy atom. The fourth-order valence-electron chi connectivity index (χ4n) is 3.02. The van der Waals surface area contributed by atoms with Crippen molar-refractivity contribution >= 4 is 11.6 Å². The van der Waals surface area contributed by atoms with Crippen molar-refractivity contribution in [3.05, 3.63) is 30.1 Å². The quantitative estimate of drug-likeness (QED) is 0.688. The Kier molecular flexibility index (Phi) is 7.33. The molecule has 0 aliphatic carbocycles. The number of anilines is 1. The van der Waals surface area contributed by atoms with E-state index in [1.807, 2.05) is 12.1 Å². The maximum absolute atomic E-state index is 13.0. The molecule has 1 aromatic rings. The molecule has 0 spiro atoms. The van der Waals surface area contributed by atoms with Gasteiger partial charge in [-0.05, 0) is 56.0 Å². The highest BCUT2D eigenvalue weighted by molar-refractivity contribution is 5.75. The van der Waals surface area contributed by atoms with Gasteiger partial charge in [-0.15, -0.1) is 0 Å². The van der Waals surface area contributed by atoms with Crippen LogP contribution in [0.2, 0.25) is 0 Å². The minimum Gasteiger partial charge on any atom is -0.371 e. The molecule has 0 radical (unpaired) electrons. The van der Waals surface area contributed by atoms with Gasteiger partial charge < -0.3 is 16.0 Å². The van der Waals surface area contributed by atoms with Gasteiger partial charge in [0.25, 0.3) is 0 Å². The Hall–Kier alpha value is -1.62. The molecule has 0 bridgehead atoms. The van der Waals surface area contributed by atoms with Gasteiger partial charge in [0.05, 0.1) is 0 Å². The predicted octanol–water partition coefficient (Wildman–Crippen LogP) is 2.68. The second-order valence-corrected chi connectivity index (χ2v) is 6.33. The predicted molar refractivity (Wildman–Crippen MR) is 91.9 cm³/mol. The van der Waals surface area contributed by atoms with Crippen molar-refractivity contribution in [3.8, 4) is 0 Å². The molecule has 0 aromatic heterocycles. The van der Waals surface area contributed by atoms with Crippen LogP contribution in [0.4, 0.5) is 10.1 Å². The molecule has 1 aliphatic heterocycles. The minimum atomic E-state index is -0.205. The second-order valence-electron chi connectivity index (χ2n) is 6.33. The lowest BCUT2D eigenvalue weighted by atomic mass is 10.1. The van der Waals surface area contributed by atoms with Gasteiger partial charge in [0.2, 0.25) is 5.91 Å². The fourth-order valence-corrected chi connectivity index (χ4v) is 3.02. The van der Waals surface area contributed by atoms with Crippen molar-refractivity contribution in [2.24, 2.45) is 11.7 Å². The van der Waals surface area contributed by atoms with E-state index in [9.17, 15) is 9.18 Å². The van der Waals surface area contributed by atoms with Gasteiger partial charge in [-0.2, -0.15) is 0 Å². The van der Waals surface area contributed by atoms with Crippen LogP contribution in [0.3, 0.4) is 0 Å². The van der Waals surface area contributed by atoms with Crippen molar-refractivity contribution in [1.82, 2.24) is 5.32 Å². The van der Waals surface area contributed by atoms with Gasteiger partial charge in [-0.1, -0.05) is 12.8 Å². The normalized spacial score (nSPS) is 17.5. The topological polar surface area (TPSA) is 58.4 Å². The van der Waals surface area contributed by atoms with E-state index in [1.165, 1.54) is 12.1 Å². The summed E-state index contributed by atoms with van der Waals surface area (Å²) in [5, 5.41) is 3.05. The smallest absolute Gasteiger partial charge is 0.220 e. The highest BCUT2D eigenvalue weighted by Gasteiger charge is 2.22. The van der Waals surface area contributed by atoms with Crippen LogP contribution in [0.5, 0.6) is 0 Å². The number of rotatable bonds is 9. The van der Waals surface area contributed by atoms with Crippen molar-refractivity contribution in [1.29, 1.82) is 0 Å². The first-order chi connectivity index (χ1) is 11.2. The first-order valence-corrected chi connectivity index (χ1v) is 8.66. The van der Waals surface area contributed by atoms with Crippen molar-refractivity contribution < 1.29 is 9.18 Å². The summed E-state index contributed by atoms with van der Waals surface area (Å²) < 4.78 is 13.0. The van der Waals surface area contributed by atoms with Crippen LogP contribution < -0.4 is 16.0 Å². The third kappa shape index (κ3) is 6.18. The molecule has 1 aliphatic rings. The molecule has 1 fully saturated rings. The summed E-state index contributed by atoms with van der Waals surface area (Å²) >= 11 is 0. The first kappa shape index (κ1) is 17.7. The van der Waals surface area contributed by atoms with Crippen LogP contribution in [-0.2, 0) is 4.79 Å². The standard InChI is InChI=1S/C18H28FN3O/c19-16-6-8-17(9-7-16)22-12-10-15(14-22)13-21-18(23)5-3-1-2-4-11-20/h6-9,15H,1-5,10-14,20H2,(H,21,23). The summed E-state index contributed by atoms with van der Waals surface area (Å²) in [7, 11) is 0. The van der Waals surface area contributed by atoms with E-state index in [1.54, 1.807) is 0 Å². The molecular weight excluding hydrogens is 293 g/mol. The van der Waals surface area contributed by atoms with Crippen LogP contribution in [0.15, 0.2) is 24.3 Å². The number of nitrogens with two attached hydrogens (primary N) is 1. The molecule has 1 amide bonds. The second kappa shape index (κ2) is 9.50. The number of carbonyl (C=O) groups excluding carboxylic acids is 1. The Balaban J connectivity index is 1.62. The number of hydrogen-bond acceptors (Lipinski definition) is 3. The molecule has 1 unspecified atom stereocenters. The fraction of sp³-hybridized carbons (Fsp3) is 0.611. The Morgan fingerprint density at radius 2 is 1.96 bits per heavy atom. The van der Waals surface area contributed by atoms with Crippen molar-refractivity contribution in [2.45, 2.75) is 38.5 Å². The first-order valence-electron chi connectivity index (χ1n) is 8.66. The lowest BCUT2D eigenvalue weighted by Gasteiger charge is -2.18. The molecule has 128 valence electrons. The number of nitrogens with one attached hydrogen (secondary N) is 1. The van der Waals surface area contributed by atoms with E-state index in [0.29, 0.717) is 12.3 Å². The Morgan fingerprint density at radius 3 is 2.70 bits per heavy atom. The zero-order valence-electron chi connectivity index (χ0n) is 13.8.